The molecule has 1 aliphatic rings. The number of likely N-dealkylation sites (N-methyl/N-ethyl adjacent to an activating group) is 1. The van der Waals surface area contributed by atoms with E-state index in [1.54, 1.807) is 18.2 Å². The van der Waals surface area contributed by atoms with Gasteiger partial charge in [-0.05, 0) is 38.1 Å². The van der Waals surface area contributed by atoms with Gasteiger partial charge >= 0.3 is 6.18 Å². The zero-order valence-corrected chi connectivity index (χ0v) is 15.2. The van der Waals surface area contributed by atoms with Crippen LogP contribution in [0.3, 0.4) is 0 Å². The molecular formula is C19H23F3N4O. The predicted molar refractivity (Wildman–Crippen MR) is 95.8 cm³/mol. The summed E-state index contributed by atoms with van der Waals surface area (Å²) in [5.41, 5.74) is -1.25. The zero-order valence-electron chi connectivity index (χ0n) is 15.2. The monoisotopic (exact) mass is 380 g/mol. The average Bonchev–Trinajstić information content (AvgIpc) is 3.13. The number of para-hydroxylation sites is 1. The Kier molecular flexibility index (Phi) is 5.84. The molecule has 1 N–H and O–H groups in total. The third-order valence-corrected chi connectivity index (χ3v) is 4.94. The lowest BCUT2D eigenvalue weighted by Gasteiger charge is -2.34. The van der Waals surface area contributed by atoms with E-state index in [4.69, 9.17) is 0 Å². The van der Waals surface area contributed by atoms with Crippen molar-refractivity contribution in [3.63, 3.8) is 0 Å². The van der Waals surface area contributed by atoms with Gasteiger partial charge < -0.3 is 5.32 Å². The fraction of sp³-hybridized carbons (Fsp3) is 0.474. The minimum Gasteiger partial charge on any atom is -0.350 e. The zero-order chi connectivity index (χ0) is 19.4. The Hall–Kier alpha value is -2.35. The van der Waals surface area contributed by atoms with Crippen molar-refractivity contribution >= 4 is 5.91 Å². The molecule has 5 nitrogen and oxygen atoms in total. The molecule has 0 spiro atoms. The maximum atomic E-state index is 13.7. The Bertz CT molecular complexity index is 773. The lowest BCUT2D eigenvalue weighted by molar-refractivity contribution is -0.143. The van der Waals surface area contributed by atoms with Gasteiger partial charge in [0.25, 0.3) is 5.91 Å². The van der Waals surface area contributed by atoms with E-state index >= 15 is 0 Å². The van der Waals surface area contributed by atoms with Crippen LogP contribution in [-0.2, 0) is 6.18 Å². The van der Waals surface area contributed by atoms with Crippen molar-refractivity contribution in [2.75, 3.05) is 19.6 Å². The molecular weight excluding hydrogens is 357 g/mol. The van der Waals surface area contributed by atoms with Crippen LogP contribution in [0.5, 0.6) is 0 Å². The number of carbonyl (C=O) groups is 1. The van der Waals surface area contributed by atoms with Crippen molar-refractivity contribution < 1.29 is 18.0 Å². The number of benzene rings is 1. The van der Waals surface area contributed by atoms with E-state index in [0.29, 0.717) is 6.54 Å². The first kappa shape index (κ1) is 19.4. The van der Waals surface area contributed by atoms with Gasteiger partial charge in [-0.2, -0.15) is 18.3 Å². The molecule has 2 heterocycles. The molecule has 0 aliphatic carbocycles. The Balaban J connectivity index is 1.81. The predicted octanol–water partition coefficient (Wildman–Crippen LogP) is 3.50. The number of halogens is 3. The van der Waals surface area contributed by atoms with Crippen molar-refractivity contribution in [2.24, 2.45) is 0 Å². The Morgan fingerprint density at radius 1 is 1.26 bits per heavy atom. The lowest BCUT2D eigenvalue weighted by atomic mass is 10.0. The molecule has 2 aromatic rings. The molecule has 1 saturated heterocycles. The maximum absolute atomic E-state index is 13.7. The molecule has 0 saturated carbocycles. The molecule has 146 valence electrons. The molecule has 1 aromatic carbocycles. The van der Waals surface area contributed by atoms with Crippen LogP contribution in [0, 0.1) is 0 Å². The molecule has 0 radical (unpaired) electrons. The summed E-state index contributed by atoms with van der Waals surface area (Å²) >= 11 is 0. The average molecular weight is 380 g/mol. The highest BCUT2D eigenvalue weighted by atomic mass is 19.4. The van der Waals surface area contributed by atoms with Crippen LogP contribution >= 0.6 is 0 Å². The third kappa shape index (κ3) is 4.32. The summed E-state index contributed by atoms with van der Waals surface area (Å²) in [6.07, 6.45) is -0.594. The summed E-state index contributed by atoms with van der Waals surface area (Å²) in [5, 5.41) is 6.50. The quantitative estimate of drug-likeness (QED) is 0.864. The van der Waals surface area contributed by atoms with Crippen molar-refractivity contribution in [3.05, 3.63) is 47.8 Å². The number of nitrogens with one attached hydrogen (secondary N) is 1. The minimum absolute atomic E-state index is 0.159. The first-order valence-electron chi connectivity index (χ1n) is 9.14. The Labute approximate surface area is 156 Å². The second kappa shape index (κ2) is 8.12. The maximum Gasteiger partial charge on any atom is 0.434 e. The van der Waals surface area contributed by atoms with Crippen molar-refractivity contribution in [3.8, 4) is 5.69 Å². The van der Waals surface area contributed by atoms with Gasteiger partial charge in [-0.15, -0.1) is 0 Å². The van der Waals surface area contributed by atoms with E-state index < -0.39 is 23.3 Å². The second-order valence-corrected chi connectivity index (χ2v) is 6.64. The number of likely N-dealkylation sites (tertiary alicyclic amines) is 1. The smallest absolute Gasteiger partial charge is 0.350 e. The highest BCUT2D eigenvalue weighted by Gasteiger charge is 2.40. The number of carbonyl (C=O) groups excluding carboxylic acids is 1. The summed E-state index contributed by atoms with van der Waals surface area (Å²) in [6.45, 7) is 4.20. The molecule has 0 bridgehead atoms. The van der Waals surface area contributed by atoms with Gasteiger partial charge in [0.15, 0.2) is 5.69 Å². The highest BCUT2D eigenvalue weighted by Crippen LogP contribution is 2.33. The third-order valence-electron chi connectivity index (χ3n) is 4.94. The van der Waals surface area contributed by atoms with E-state index in [9.17, 15) is 18.0 Å². The topological polar surface area (TPSA) is 50.2 Å². The van der Waals surface area contributed by atoms with Crippen LogP contribution in [0.4, 0.5) is 13.2 Å². The van der Waals surface area contributed by atoms with Crippen molar-refractivity contribution in [2.45, 2.75) is 38.4 Å². The molecule has 27 heavy (non-hydrogen) atoms. The van der Waals surface area contributed by atoms with E-state index in [1.165, 1.54) is 12.1 Å². The van der Waals surface area contributed by atoms with Crippen LogP contribution in [0.2, 0.25) is 0 Å². The molecule has 1 unspecified atom stereocenters. The van der Waals surface area contributed by atoms with Gasteiger partial charge in [-0.3, -0.25) is 9.69 Å². The van der Waals surface area contributed by atoms with Crippen molar-refractivity contribution in [1.29, 1.82) is 0 Å². The summed E-state index contributed by atoms with van der Waals surface area (Å²) in [5.74, 6) is -0.744. The molecule has 1 amide bonds. The largest absolute Gasteiger partial charge is 0.434 e. The molecule has 3 rings (SSSR count). The first-order chi connectivity index (χ1) is 12.9. The number of amides is 1. The van der Waals surface area contributed by atoms with Crippen LogP contribution < -0.4 is 5.32 Å². The normalized spacial score (nSPS) is 18.4. The summed E-state index contributed by atoms with van der Waals surface area (Å²) in [7, 11) is 0. The van der Waals surface area contributed by atoms with Crippen LogP contribution in [0.15, 0.2) is 36.5 Å². The number of piperidine rings is 1. The van der Waals surface area contributed by atoms with Gasteiger partial charge in [0, 0.05) is 12.6 Å². The number of rotatable bonds is 5. The van der Waals surface area contributed by atoms with E-state index in [2.05, 4.69) is 15.3 Å². The van der Waals surface area contributed by atoms with Crippen LogP contribution in [0.1, 0.15) is 42.2 Å². The minimum atomic E-state index is -4.70. The van der Waals surface area contributed by atoms with Gasteiger partial charge in [0.2, 0.25) is 0 Å². The Morgan fingerprint density at radius 2 is 2.00 bits per heavy atom. The van der Waals surface area contributed by atoms with E-state index in [-0.39, 0.29) is 11.7 Å². The van der Waals surface area contributed by atoms with E-state index in [1.807, 2.05) is 6.92 Å². The molecule has 1 aliphatic heterocycles. The summed E-state index contributed by atoms with van der Waals surface area (Å²) in [6, 6.07) is 8.15. The number of hydrogen-bond donors (Lipinski definition) is 1. The number of nitrogens with zero attached hydrogens (tertiary/aromatic N) is 3. The van der Waals surface area contributed by atoms with Crippen LogP contribution in [0.25, 0.3) is 5.69 Å². The van der Waals surface area contributed by atoms with Gasteiger partial charge in [-0.1, -0.05) is 31.5 Å². The lowest BCUT2D eigenvalue weighted by Crippen LogP contribution is -2.46. The van der Waals surface area contributed by atoms with E-state index in [0.717, 1.165) is 43.2 Å². The van der Waals surface area contributed by atoms with Crippen LogP contribution in [-0.4, -0.2) is 46.3 Å². The van der Waals surface area contributed by atoms with Gasteiger partial charge in [0.05, 0.1) is 17.4 Å². The van der Waals surface area contributed by atoms with Gasteiger partial charge in [-0.25, -0.2) is 4.68 Å². The number of aromatic nitrogens is 2. The molecule has 1 fully saturated rings. The van der Waals surface area contributed by atoms with Crippen molar-refractivity contribution in [1.82, 2.24) is 20.0 Å². The highest BCUT2D eigenvalue weighted by molar-refractivity contribution is 5.95. The number of hydrogen-bond acceptors (Lipinski definition) is 3. The fourth-order valence-electron chi connectivity index (χ4n) is 3.57. The first-order valence-corrected chi connectivity index (χ1v) is 9.14. The second-order valence-electron chi connectivity index (χ2n) is 6.64. The Morgan fingerprint density at radius 3 is 2.67 bits per heavy atom. The SMILES string of the molecule is CCN1CCCCC1CNC(=O)c1cnn(-c2ccccc2)c1C(F)(F)F. The van der Waals surface area contributed by atoms with Gasteiger partial charge in [0.1, 0.15) is 0 Å². The fourth-order valence-corrected chi connectivity index (χ4v) is 3.57. The number of alkyl halides is 3. The standard InChI is InChI=1S/C19H23F3N4O/c1-2-25-11-7-6-10-15(25)12-23-18(27)16-13-24-26(17(16)19(20,21)22)14-8-4-3-5-9-14/h3-5,8-9,13,15H,2,6-7,10-12H2,1H3,(H,23,27). The summed E-state index contributed by atoms with van der Waals surface area (Å²) < 4.78 is 41.7. The summed E-state index contributed by atoms with van der Waals surface area (Å²) in [4.78, 5) is 14.8. The molecule has 1 aromatic heterocycles. The molecule has 1 atom stereocenters. The molecule has 8 heteroatoms.